The van der Waals surface area contributed by atoms with Gasteiger partial charge in [-0.05, 0) is 6.07 Å². The van der Waals surface area contributed by atoms with Crippen LogP contribution in [0.5, 0.6) is 5.75 Å². The largest absolute Gasteiger partial charge is 0.507 e. The number of ketones is 1. The number of fused-ring (bicyclic) bond motifs is 1. The van der Waals surface area contributed by atoms with Crippen molar-refractivity contribution >= 4 is 17.5 Å². The Morgan fingerprint density at radius 2 is 2.25 bits per heavy atom. The standard InChI is InChI=1S/C9H8O2S/c10-7-4-5-12-9-6(7)2-1-3-8(9)11/h1-3,11H,4-5H2. The molecule has 0 radical (unpaired) electrons. The number of hydrogen-bond acceptors (Lipinski definition) is 3. The van der Waals surface area contributed by atoms with Crippen LogP contribution in [-0.4, -0.2) is 16.6 Å². The molecule has 0 saturated carbocycles. The van der Waals surface area contributed by atoms with E-state index >= 15 is 0 Å². The number of phenols is 1. The summed E-state index contributed by atoms with van der Waals surface area (Å²) in [6, 6.07) is 5.09. The van der Waals surface area contributed by atoms with Gasteiger partial charge in [-0.3, -0.25) is 4.79 Å². The molecule has 2 nitrogen and oxygen atoms in total. The molecule has 1 aliphatic rings. The summed E-state index contributed by atoms with van der Waals surface area (Å²) >= 11 is 1.55. The fourth-order valence-corrected chi connectivity index (χ4v) is 2.32. The van der Waals surface area contributed by atoms with Crippen molar-refractivity contribution in [1.29, 1.82) is 0 Å². The Kier molecular flexibility index (Phi) is 1.81. The highest BCUT2D eigenvalue weighted by molar-refractivity contribution is 7.99. The molecule has 12 heavy (non-hydrogen) atoms. The summed E-state index contributed by atoms with van der Waals surface area (Å²) in [7, 11) is 0. The first-order valence-electron chi connectivity index (χ1n) is 3.77. The Bertz CT molecular complexity index is 333. The van der Waals surface area contributed by atoms with Crippen LogP contribution in [0.3, 0.4) is 0 Å². The molecule has 1 aromatic rings. The fraction of sp³-hybridized carbons (Fsp3) is 0.222. The monoisotopic (exact) mass is 180 g/mol. The summed E-state index contributed by atoms with van der Waals surface area (Å²) in [5, 5.41) is 9.40. The van der Waals surface area contributed by atoms with Crippen LogP contribution in [-0.2, 0) is 0 Å². The number of aromatic hydroxyl groups is 1. The first-order chi connectivity index (χ1) is 5.79. The zero-order valence-electron chi connectivity index (χ0n) is 6.41. The molecule has 0 spiro atoms. The van der Waals surface area contributed by atoms with Gasteiger partial charge in [-0.1, -0.05) is 12.1 Å². The third kappa shape index (κ3) is 1.10. The lowest BCUT2D eigenvalue weighted by atomic mass is 10.1. The van der Waals surface area contributed by atoms with Gasteiger partial charge in [0.1, 0.15) is 5.75 Å². The summed E-state index contributed by atoms with van der Waals surface area (Å²) in [4.78, 5) is 12.1. The zero-order valence-corrected chi connectivity index (χ0v) is 7.23. The summed E-state index contributed by atoms with van der Waals surface area (Å²) in [6.45, 7) is 0. The van der Waals surface area contributed by atoms with Gasteiger partial charge in [0.15, 0.2) is 5.78 Å². The van der Waals surface area contributed by atoms with Crippen molar-refractivity contribution in [2.24, 2.45) is 0 Å². The smallest absolute Gasteiger partial charge is 0.164 e. The molecule has 1 aliphatic heterocycles. The molecule has 0 atom stereocenters. The van der Waals surface area contributed by atoms with Gasteiger partial charge >= 0.3 is 0 Å². The molecule has 0 amide bonds. The topological polar surface area (TPSA) is 37.3 Å². The second-order valence-corrected chi connectivity index (χ2v) is 3.78. The number of carbonyl (C=O) groups excluding carboxylic acids is 1. The highest BCUT2D eigenvalue weighted by atomic mass is 32.2. The van der Waals surface area contributed by atoms with Crippen LogP contribution >= 0.6 is 11.8 Å². The first-order valence-corrected chi connectivity index (χ1v) is 4.75. The Labute approximate surface area is 74.6 Å². The number of rotatable bonds is 0. The average molecular weight is 180 g/mol. The molecule has 62 valence electrons. The molecular formula is C9H8O2S. The lowest BCUT2D eigenvalue weighted by Gasteiger charge is -2.14. The molecule has 1 N–H and O–H groups in total. The van der Waals surface area contributed by atoms with E-state index in [-0.39, 0.29) is 11.5 Å². The molecular weight excluding hydrogens is 172 g/mol. The molecule has 0 unspecified atom stereocenters. The van der Waals surface area contributed by atoms with E-state index in [4.69, 9.17) is 0 Å². The second-order valence-electron chi connectivity index (χ2n) is 2.68. The van der Waals surface area contributed by atoms with Crippen LogP contribution in [0.25, 0.3) is 0 Å². The van der Waals surface area contributed by atoms with Crippen molar-refractivity contribution in [3.8, 4) is 5.75 Å². The molecule has 1 heterocycles. The van der Waals surface area contributed by atoms with Crippen LogP contribution < -0.4 is 0 Å². The Balaban J connectivity index is 2.59. The van der Waals surface area contributed by atoms with E-state index < -0.39 is 0 Å². The number of Topliss-reactive ketones (excluding diaryl/α,β-unsaturated/α-hetero) is 1. The van der Waals surface area contributed by atoms with Crippen LogP contribution in [0.4, 0.5) is 0 Å². The van der Waals surface area contributed by atoms with E-state index in [1.807, 2.05) is 0 Å². The predicted molar refractivity (Wildman–Crippen MR) is 47.8 cm³/mol. The second kappa shape index (κ2) is 2.83. The minimum atomic E-state index is 0.139. The molecule has 3 heteroatoms. The number of phenolic OH excluding ortho intramolecular Hbond substituents is 1. The Morgan fingerprint density at radius 3 is 3.00 bits per heavy atom. The average Bonchev–Trinajstić information content (AvgIpc) is 2.07. The molecule has 0 bridgehead atoms. The quantitative estimate of drug-likeness (QED) is 0.664. The van der Waals surface area contributed by atoms with Crippen molar-refractivity contribution < 1.29 is 9.90 Å². The number of hydrogen-bond donors (Lipinski definition) is 1. The van der Waals surface area contributed by atoms with E-state index in [2.05, 4.69) is 0 Å². The predicted octanol–water partition coefficient (Wildman–Crippen LogP) is 2.07. The van der Waals surface area contributed by atoms with Crippen LogP contribution in [0.2, 0.25) is 0 Å². The van der Waals surface area contributed by atoms with Gasteiger partial charge in [-0.25, -0.2) is 0 Å². The Hall–Kier alpha value is -0.960. The van der Waals surface area contributed by atoms with E-state index in [1.54, 1.807) is 30.0 Å². The Morgan fingerprint density at radius 1 is 1.42 bits per heavy atom. The molecule has 0 aliphatic carbocycles. The van der Waals surface area contributed by atoms with Crippen LogP contribution in [0, 0.1) is 0 Å². The highest BCUT2D eigenvalue weighted by Crippen LogP contribution is 2.36. The van der Waals surface area contributed by atoms with Crippen LogP contribution in [0.15, 0.2) is 23.1 Å². The number of thioether (sulfide) groups is 1. The molecule has 0 fully saturated rings. The third-order valence-electron chi connectivity index (χ3n) is 1.87. The summed E-state index contributed by atoms with van der Waals surface area (Å²) in [5.41, 5.74) is 0.672. The van der Waals surface area contributed by atoms with E-state index in [0.29, 0.717) is 12.0 Å². The minimum absolute atomic E-state index is 0.139. The minimum Gasteiger partial charge on any atom is -0.507 e. The van der Waals surface area contributed by atoms with Gasteiger partial charge in [0.05, 0.1) is 4.90 Å². The van der Waals surface area contributed by atoms with Gasteiger partial charge in [-0.15, -0.1) is 11.8 Å². The van der Waals surface area contributed by atoms with Crippen molar-refractivity contribution in [1.82, 2.24) is 0 Å². The summed E-state index contributed by atoms with van der Waals surface area (Å²) in [6.07, 6.45) is 0.584. The lowest BCUT2D eigenvalue weighted by molar-refractivity contribution is 0.0984. The SMILES string of the molecule is O=C1CCSc2c(O)cccc21. The zero-order chi connectivity index (χ0) is 8.55. The first kappa shape index (κ1) is 7.68. The maximum atomic E-state index is 11.3. The summed E-state index contributed by atoms with van der Waals surface area (Å²) < 4.78 is 0. The van der Waals surface area contributed by atoms with Crippen molar-refractivity contribution in [2.75, 3.05) is 5.75 Å². The van der Waals surface area contributed by atoms with E-state index in [9.17, 15) is 9.90 Å². The van der Waals surface area contributed by atoms with Gasteiger partial charge < -0.3 is 5.11 Å². The van der Waals surface area contributed by atoms with Crippen molar-refractivity contribution in [3.05, 3.63) is 23.8 Å². The maximum absolute atomic E-state index is 11.3. The van der Waals surface area contributed by atoms with Gasteiger partial charge in [0.2, 0.25) is 0 Å². The maximum Gasteiger partial charge on any atom is 0.164 e. The van der Waals surface area contributed by atoms with Gasteiger partial charge in [0.25, 0.3) is 0 Å². The van der Waals surface area contributed by atoms with Crippen molar-refractivity contribution in [2.45, 2.75) is 11.3 Å². The normalized spacial score (nSPS) is 15.8. The molecule has 0 aromatic heterocycles. The van der Waals surface area contributed by atoms with E-state index in [1.165, 1.54) is 0 Å². The van der Waals surface area contributed by atoms with Gasteiger partial charge in [0, 0.05) is 17.7 Å². The number of benzene rings is 1. The fourth-order valence-electron chi connectivity index (χ4n) is 1.28. The highest BCUT2D eigenvalue weighted by Gasteiger charge is 2.19. The van der Waals surface area contributed by atoms with Crippen molar-refractivity contribution in [3.63, 3.8) is 0 Å². The van der Waals surface area contributed by atoms with Crippen LogP contribution in [0.1, 0.15) is 16.8 Å². The van der Waals surface area contributed by atoms with Gasteiger partial charge in [-0.2, -0.15) is 0 Å². The number of carbonyl (C=O) groups is 1. The molecule has 1 aromatic carbocycles. The molecule has 0 saturated heterocycles. The van der Waals surface area contributed by atoms with E-state index in [0.717, 1.165) is 10.6 Å². The lowest BCUT2D eigenvalue weighted by Crippen LogP contribution is -2.07. The summed E-state index contributed by atoms with van der Waals surface area (Å²) in [5.74, 6) is 1.15. The molecule has 2 rings (SSSR count). The third-order valence-corrected chi connectivity index (χ3v) is 3.00.